The fraction of sp³-hybridized carbons (Fsp3) is 0.538. The van der Waals surface area contributed by atoms with Crippen LogP contribution < -0.4 is 5.32 Å². The SMILES string of the molecule is FC(F)c1ccc(Br)cc1CC1CCNCC1. The smallest absolute Gasteiger partial charge is 0.264 e. The van der Waals surface area contributed by atoms with Crippen LogP contribution in [0.4, 0.5) is 8.78 Å². The summed E-state index contributed by atoms with van der Waals surface area (Å²) in [5.74, 6) is 0.531. The highest BCUT2D eigenvalue weighted by Gasteiger charge is 2.18. The molecule has 0 atom stereocenters. The van der Waals surface area contributed by atoms with Crippen LogP contribution in [-0.2, 0) is 6.42 Å². The van der Waals surface area contributed by atoms with Crippen molar-refractivity contribution in [3.05, 3.63) is 33.8 Å². The van der Waals surface area contributed by atoms with Gasteiger partial charge in [-0.2, -0.15) is 0 Å². The third-order valence-corrected chi connectivity index (χ3v) is 3.80. The molecule has 2 rings (SSSR count). The molecule has 1 aliphatic heterocycles. The molecule has 1 N–H and O–H groups in total. The Kier molecular flexibility index (Phi) is 4.51. The Bertz CT molecular complexity index is 376. The maximum absolute atomic E-state index is 12.9. The topological polar surface area (TPSA) is 12.0 Å². The van der Waals surface area contributed by atoms with Gasteiger partial charge in [0.25, 0.3) is 6.43 Å². The van der Waals surface area contributed by atoms with Crippen molar-refractivity contribution < 1.29 is 8.78 Å². The van der Waals surface area contributed by atoms with E-state index in [0.717, 1.165) is 42.4 Å². The van der Waals surface area contributed by atoms with Crippen LogP contribution in [0.1, 0.15) is 30.4 Å². The maximum Gasteiger partial charge on any atom is 0.264 e. The van der Waals surface area contributed by atoms with E-state index < -0.39 is 6.43 Å². The van der Waals surface area contributed by atoms with Crippen molar-refractivity contribution in [2.75, 3.05) is 13.1 Å². The predicted molar refractivity (Wildman–Crippen MR) is 68.4 cm³/mol. The van der Waals surface area contributed by atoms with Gasteiger partial charge in [0.2, 0.25) is 0 Å². The highest BCUT2D eigenvalue weighted by Crippen LogP contribution is 2.29. The molecule has 1 heterocycles. The number of nitrogens with one attached hydrogen (secondary N) is 1. The standard InChI is InChI=1S/C13H16BrF2N/c14-11-1-2-12(13(15)16)10(8-11)7-9-3-5-17-6-4-9/h1-2,8-9,13,17H,3-7H2. The minimum Gasteiger partial charge on any atom is -0.317 e. The van der Waals surface area contributed by atoms with Crippen LogP contribution in [0, 0.1) is 5.92 Å². The predicted octanol–water partition coefficient (Wildman–Crippen LogP) is 3.93. The molecule has 1 aromatic rings. The molecule has 0 saturated carbocycles. The summed E-state index contributed by atoms with van der Waals surface area (Å²) in [6, 6.07) is 5.06. The van der Waals surface area contributed by atoms with Gasteiger partial charge >= 0.3 is 0 Å². The molecule has 0 radical (unpaired) electrons. The summed E-state index contributed by atoms with van der Waals surface area (Å²) in [5.41, 5.74) is 0.980. The van der Waals surface area contributed by atoms with Gasteiger partial charge in [0.15, 0.2) is 0 Å². The second kappa shape index (κ2) is 5.91. The first-order valence-corrected chi connectivity index (χ1v) is 6.73. The van der Waals surface area contributed by atoms with Gasteiger partial charge in [-0.05, 0) is 56.0 Å². The first-order valence-electron chi connectivity index (χ1n) is 5.94. The fourth-order valence-corrected chi connectivity index (χ4v) is 2.77. The van der Waals surface area contributed by atoms with Gasteiger partial charge in [-0.15, -0.1) is 0 Å². The molecule has 0 aliphatic carbocycles. The molecule has 17 heavy (non-hydrogen) atoms. The molecule has 0 amide bonds. The number of halogens is 3. The molecule has 0 spiro atoms. The van der Waals surface area contributed by atoms with E-state index in [1.807, 2.05) is 6.07 Å². The lowest BCUT2D eigenvalue weighted by atomic mass is 9.89. The number of alkyl halides is 2. The minimum atomic E-state index is -2.38. The molecule has 1 aliphatic rings. The first kappa shape index (κ1) is 13.0. The highest BCUT2D eigenvalue weighted by atomic mass is 79.9. The number of hydrogen-bond acceptors (Lipinski definition) is 1. The number of rotatable bonds is 3. The normalized spacial score (nSPS) is 17.6. The van der Waals surface area contributed by atoms with Crippen molar-refractivity contribution in [3.63, 3.8) is 0 Å². The Morgan fingerprint density at radius 2 is 2.00 bits per heavy atom. The van der Waals surface area contributed by atoms with Gasteiger partial charge in [0.1, 0.15) is 0 Å². The van der Waals surface area contributed by atoms with Crippen LogP contribution in [0.2, 0.25) is 0 Å². The third-order valence-electron chi connectivity index (χ3n) is 3.31. The van der Waals surface area contributed by atoms with Crippen LogP contribution >= 0.6 is 15.9 Å². The lowest BCUT2D eigenvalue weighted by Crippen LogP contribution is -2.28. The fourth-order valence-electron chi connectivity index (χ4n) is 2.36. The average Bonchev–Trinajstić information content (AvgIpc) is 2.30. The minimum absolute atomic E-state index is 0.187. The van der Waals surface area contributed by atoms with E-state index >= 15 is 0 Å². The third kappa shape index (κ3) is 3.49. The van der Waals surface area contributed by atoms with E-state index in [0.29, 0.717) is 5.92 Å². The molecule has 0 aromatic heterocycles. The molecule has 1 nitrogen and oxygen atoms in total. The van der Waals surface area contributed by atoms with Crippen LogP contribution in [0.25, 0.3) is 0 Å². The van der Waals surface area contributed by atoms with Gasteiger partial charge in [-0.1, -0.05) is 22.0 Å². The van der Waals surface area contributed by atoms with E-state index in [4.69, 9.17) is 0 Å². The monoisotopic (exact) mass is 303 g/mol. The van der Waals surface area contributed by atoms with Crippen molar-refractivity contribution in [3.8, 4) is 0 Å². The zero-order valence-electron chi connectivity index (χ0n) is 9.56. The van der Waals surface area contributed by atoms with Gasteiger partial charge in [0.05, 0.1) is 0 Å². The van der Waals surface area contributed by atoms with Crippen LogP contribution in [0.15, 0.2) is 22.7 Å². The van der Waals surface area contributed by atoms with E-state index in [1.165, 1.54) is 6.07 Å². The largest absolute Gasteiger partial charge is 0.317 e. The summed E-state index contributed by atoms with van der Waals surface area (Å²) in [6.07, 6.45) is 0.547. The second-order valence-corrected chi connectivity index (χ2v) is 5.46. The molecule has 4 heteroatoms. The summed E-state index contributed by atoms with van der Waals surface area (Å²) in [5, 5.41) is 3.29. The summed E-state index contributed by atoms with van der Waals surface area (Å²) in [7, 11) is 0. The Labute approximate surface area is 109 Å². The van der Waals surface area contributed by atoms with E-state index in [1.54, 1.807) is 6.07 Å². The van der Waals surface area contributed by atoms with Crippen LogP contribution in [0.5, 0.6) is 0 Å². The van der Waals surface area contributed by atoms with Crippen molar-refractivity contribution in [2.24, 2.45) is 5.92 Å². The van der Waals surface area contributed by atoms with Gasteiger partial charge in [0, 0.05) is 10.0 Å². The highest BCUT2D eigenvalue weighted by molar-refractivity contribution is 9.10. The van der Waals surface area contributed by atoms with Crippen molar-refractivity contribution in [2.45, 2.75) is 25.7 Å². The Hall–Kier alpha value is -0.480. The van der Waals surface area contributed by atoms with Gasteiger partial charge in [-0.3, -0.25) is 0 Å². The zero-order chi connectivity index (χ0) is 12.3. The van der Waals surface area contributed by atoms with Gasteiger partial charge < -0.3 is 5.32 Å². The summed E-state index contributed by atoms with van der Waals surface area (Å²) in [6.45, 7) is 2.01. The van der Waals surface area contributed by atoms with E-state index in [9.17, 15) is 8.78 Å². The Morgan fingerprint density at radius 3 is 2.65 bits per heavy atom. The van der Waals surface area contributed by atoms with E-state index in [2.05, 4.69) is 21.2 Å². The zero-order valence-corrected chi connectivity index (χ0v) is 11.1. The molecule has 1 fully saturated rings. The molecule has 0 unspecified atom stereocenters. The Morgan fingerprint density at radius 1 is 1.29 bits per heavy atom. The molecule has 1 aromatic carbocycles. The lowest BCUT2D eigenvalue weighted by Gasteiger charge is -2.23. The molecular weight excluding hydrogens is 288 g/mol. The van der Waals surface area contributed by atoms with Crippen LogP contribution in [-0.4, -0.2) is 13.1 Å². The Balaban J connectivity index is 2.14. The maximum atomic E-state index is 12.9. The van der Waals surface area contributed by atoms with Crippen molar-refractivity contribution in [1.82, 2.24) is 5.32 Å². The van der Waals surface area contributed by atoms with Crippen molar-refractivity contribution in [1.29, 1.82) is 0 Å². The summed E-state index contributed by atoms with van der Waals surface area (Å²) in [4.78, 5) is 0. The first-order chi connectivity index (χ1) is 8.16. The lowest BCUT2D eigenvalue weighted by molar-refractivity contribution is 0.149. The average molecular weight is 304 g/mol. The molecule has 0 bridgehead atoms. The molecule has 94 valence electrons. The quantitative estimate of drug-likeness (QED) is 0.892. The van der Waals surface area contributed by atoms with Gasteiger partial charge in [-0.25, -0.2) is 8.78 Å². The number of hydrogen-bond donors (Lipinski definition) is 1. The summed E-state index contributed by atoms with van der Waals surface area (Å²) >= 11 is 3.35. The number of piperidine rings is 1. The summed E-state index contributed by atoms with van der Waals surface area (Å²) < 4.78 is 26.7. The number of benzene rings is 1. The van der Waals surface area contributed by atoms with E-state index in [-0.39, 0.29) is 5.56 Å². The second-order valence-electron chi connectivity index (χ2n) is 4.54. The van der Waals surface area contributed by atoms with Crippen molar-refractivity contribution >= 4 is 15.9 Å². The molecular formula is C13H16BrF2N. The molecule has 1 saturated heterocycles. The van der Waals surface area contributed by atoms with Crippen LogP contribution in [0.3, 0.4) is 0 Å².